The molecule has 1 saturated heterocycles. The van der Waals surface area contributed by atoms with Crippen LogP contribution in [0.25, 0.3) is 0 Å². The fourth-order valence-corrected chi connectivity index (χ4v) is 1.70. The van der Waals surface area contributed by atoms with Crippen molar-refractivity contribution < 1.29 is 19.1 Å². The largest absolute Gasteiger partial charge is 0.461 e. The highest BCUT2D eigenvalue weighted by atomic mass is 16.5. The highest BCUT2D eigenvalue weighted by Crippen LogP contribution is 2.09. The van der Waals surface area contributed by atoms with Gasteiger partial charge >= 0.3 is 5.97 Å². The summed E-state index contributed by atoms with van der Waals surface area (Å²) in [6, 6.07) is 0.0263. The summed E-state index contributed by atoms with van der Waals surface area (Å²) >= 11 is 0. The fraction of sp³-hybridized carbons (Fsp3) is 0.500. The van der Waals surface area contributed by atoms with Crippen molar-refractivity contribution in [2.45, 2.75) is 18.9 Å². The average molecular weight is 237 g/mol. The quantitative estimate of drug-likeness (QED) is 0.713. The van der Waals surface area contributed by atoms with Crippen molar-refractivity contribution in [2.75, 3.05) is 19.9 Å². The minimum Gasteiger partial charge on any atom is -0.461 e. The standard InChI is InChI=1S/C12H15NO4/c14-11-4-2-1-3-9(11)6-17-12(15)5-10-7-16-8-13-10/h1-3,10,13H,4-8H2/t10-/m0/s1. The Labute approximate surface area is 99.5 Å². The second kappa shape index (κ2) is 5.75. The van der Waals surface area contributed by atoms with Gasteiger partial charge in [-0.2, -0.15) is 0 Å². The summed E-state index contributed by atoms with van der Waals surface area (Å²) < 4.78 is 10.1. The fourth-order valence-electron chi connectivity index (χ4n) is 1.70. The molecule has 0 aromatic rings. The summed E-state index contributed by atoms with van der Waals surface area (Å²) in [4.78, 5) is 22.9. The molecule has 1 N–H and O–H groups in total. The van der Waals surface area contributed by atoms with Gasteiger partial charge in [0, 0.05) is 18.0 Å². The van der Waals surface area contributed by atoms with E-state index in [1.807, 2.05) is 0 Å². The first-order valence-electron chi connectivity index (χ1n) is 5.61. The number of hydrogen-bond donors (Lipinski definition) is 1. The lowest BCUT2D eigenvalue weighted by atomic mass is 10.0. The Morgan fingerprint density at radius 2 is 2.47 bits per heavy atom. The number of rotatable bonds is 4. The van der Waals surface area contributed by atoms with Crippen LogP contribution < -0.4 is 5.32 Å². The summed E-state index contributed by atoms with van der Waals surface area (Å²) in [5.41, 5.74) is 0.552. The first kappa shape index (κ1) is 12.0. The third-order valence-electron chi connectivity index (χ3n) is 2.69. The number of carbonyl (C=O) groups excluding carboxylic acids is 2. The van der Waals surface area contributed by atoms with Crippen molar-refractivity contribution in [1.82, 2.24) is 5.32 Å². The van der Waals surface area contributed by atoms with E-state index in [0.29, 0.717) is 25.3 Å². The Morgan fingerprint density at radius 1 is 1.59 bits per heavy atom. The maximum absolute atomic E-state index is 11.5. The van der Waals surface area contributed by atoms with Crippen LogP contribution in [0, 0.1) is 0 Å². The molecule has 0 unspecified atom stereocenters. The van der Waals surface area contributed by atoms with Crippen molar-refractivity contribution in [3.63, 3.8) is 0 Å². The molecule has 92 valence electrons. The zero-order valence-corrected chi connectivity index (χ0v) is 9.48. The zero-order chi connectivity index (χ0) is 12.1. The third-order valence-corrected chi connectivity index (χ3v) is 2.69. The Bertz CT molecular complexity index is 367. The molecule has 1 aliphatic heterocycles. The van der Waals surface area contributed by atoms with Crippen LogP contribution >= 0.6 is 0 Å². The van der Waals surface area contributed by atoms with Crippen LogP contribution in [0.2, 0.25) is 0 Å². The minimum atomic E-state index is -0.309. The Hall–Kier alpha value is -1.46. The number of hydrogen-bond acceptors (Lipinski definition) is 5. The molecule has 0 aromatic carbocycles. The maximum atomic E-state index is 11.5. The predicted octanol–water partition coefficient (Wildman–Crippen LogP) is 0.321. The minimum absolute atomic E-state index is 0.0163. The van der Waals surface area contributed by atoms with Gasteiger partial charge in [-0.3, -0.25) is 14.9 Å². The van der Waals surface area contributed by atoms with Crippen LogP contribution in [0.1, 0.15) is 12.8 Å². The predicted molar refractivity (Wildman–Crippen MR) is 60.2 cm³/mol. The lowest BCUT2D eigenvalue weighted by Gasteiger charge is -2.11. The molecule has 17 heavy (non-hydrogen) atoms. The molecule has 1 aliphatic carbocycles. The first-order valence-corrected chi connectivity index (χ1v) is 5.61. The van der Waals surface area contributed by atoms with E-state index in [0.717, 1.165) is 0 Å². The van der Waals surface area contributed by atoms with E-state index in [4.69, 9.17) is 9.47 Å². The molecule has 5 nitrogen and oxygen atoms in total. The summed E-state index contributed by atoms with van der Waals surface area (Å²) in [5.74, 6) is -0.293. The third kappa shape index (κ3) is 3.51. The summed E-state index contributed by atoms with van der Waals surface area (Å²) in [6.07, 6.45) is 5.94. The molecule has 0 amide bonds. The van der Waals surface area contributed by atoms with Crippen molar-refractivity contribution >= 4 is 11.8 Å². The smallest absolute Gasteiger partial charge is 0.307 e. The van der Waals surface area contributed by atoms with Crippen LogP contribution in [-0.4, -0.2) is 37.7 Å². The lowest BCUT2D eigenvalue weighted by molar-refractivity contribution is -0.143. The monoisotopic (exact) mass is 237 g/mol. The molecule has 0 bridgehead atoms. The second-order valence-corrected chi connectivity index (χ2v) is 4.03. The van der Waals surface area contributed by atoms with E-state index in [2.05, 4.69) is 5.32 Å². The number of ketones is 1. The highest BCUT2D eigenvalue weighted by molar-refractivity contribution is 5.98. The van der Waals surface area contributed by atoms with Gasteiger partial charge in [0.05, 0.1) is 19.8 Å². The molecule has 0 aromatic heterocycles. The van der Waals surface area contributed by atoms with Gasteiger partial charge in [-0.05, 0) is 0 Å². The summed E-state index contributed by atoms with van der Waals surface area (Å²) in [6.45, 7) is 1.07. The Morgan fingerprint density at radius 3 is 3.18 bits per heavy atom. The molecule has 1 fully saturated rings. The van der Waals surface area contributed by atoms with Crippen LogP contribution in [0.5, 0.6) is 0 Å². The van der Waals surface area contributed by atoms with Gasteiger partial charge in [-0.25, -0.2) is 0 Å². The SMILES string of the molecule is O=C(C[C@H]1COCN1)OCC1=CC=CCC1=O. The van der Waals surface area contributed by atoms with E-state index in [1.165, 1.54) is 0 Å². The van der Waals surface area contributed by atoms with E-state index in [9.17, 15) is 9.59 Å². The zero-order valence-electron chi connectivity index (χ0n) is 9.48. The second-order valence-electron chi connectivity index (χ2n) is 4.03. The van der Waals surface area contributed by atoms with Crippen LogP contribution in [0.3, 0.4) is 0 Å². The van der Waals surface area contributed by atoms with Crippen molar-refractivity contribution in [2.24, 2.45) is 0 Å². The molecule has 5 heteroatoms. The van der Waals surface area contributed by atoms with Crippen molar-refractivity contribution in [3.8, 4) is 0 Å². The van der Waals surface area contributed by atoms with Crippen LogP contribution in [0.15, 0.2) is 23.8 Å². The number of esters is 1. The number of ether oxygens (including phenoxy) is 2. The molecular weight excluding hydrogens is 222 g/mol. The molecule has 1 heterocycles. The molecule has 0 spiro atoms. The van der Waals surface area contributed by atoms with E-state index < -0.39 is 0 Å². The highest BCUT2D eigenvalue weighted by Gasteiger charge is 2.20. The Kier molecular flexibility index (Phi) is 4.06. The van der Waals surface area contributed by atoms with Gasteiger partial charge in [0.25, 0.3) is 0 Å². The van der Waals surface area contributed by atoms with Gasteiger partial charge in [-0.1, -0.05) is 18.2 Å². The van der Waals surface area contributed by atoms with Crippen molar-refractivity contribution in [1.29, 1.82) is 0 Å². The number of nitrogens with one attached hydrogen (secondary N) is 1. The summed E-state index contributed by atoms with van der Waals surface area (Å²) in [7, 11) is 0. The molecule has 2 aliphatic rings. The number of carbonyl (C=O) groups is 2. The molecular formula is C12H15NO4. The Balaban J connectivity index is 1.73. The van der Waals surface area contributed by atoms with Crippen LogP contribution in [0.4, 0.5) is 0 Å². The van der Waals surface area contributed by atoms with Gasteiger partial charge in [0.1, 0.15) is 6.61 Å². The molecule has 2 rings (SSSR count). The molecule has 1 atom stereocenters. The van der Waals surface area contributed by atoms with E-state index in [1.54, 1.807) is 18.2 Å². The molecule has 0 radical (unpaired) electrons. The van der Waals surface area contributed by atoms with Gasteiger partial charge in [0.15, 0.2) is 5.78 Å². The number of allylic oxidation sites excluding steroid dienone is 3. The average Bonchev–Trinajstić information content (AvgIpc) is 2.81. The van der Waals surface area contributed by atoms with Crippen LogP contribution in [-0.2, 0) is 19.1 Å². The summed E-state index contributed by atoms with van der Waals surface area (Å²) in [5, 5.41) is 3.02. The maximum Gasteiger partial charge on any atom is 0.307 e. The van der Waals surface area contributed by atoms with Gasteiger partial charge in [-0.15, -0.1) is 0 Å². The normalized spacial score (nSPS) is 23.6. The van der Waals surface area contributed by atoms with E-state index >= 15 is 0 Å². The number of Topliss-reactive ketones (excluding diaryl/α,β-unsaturated/α-hetero) is 1. The molecule has 0 saturated carbocycles. The van der Waals surface area contributed by atoms with Crippen molar-refractivity contribution in [3.05, 3.63) is 23.8 Å². The van der Waals surface area contributed by atoms with E-state index in [-0.39, 0.29) is 30.8 Å². The van der Waals surface area contributed by atoms with Gasteiger partial charge in [0.2, 0.25) is 0 Å². The topological polar surface area (TPSA) is 64.6 Å². The first-order chi connectivity index (χ1) is 8.25. The van der Waals surface area contributed by atoms with Gasteiger partial charge < -0.3 is 9.47 Å². The lowest BCUT2D eigenvalue weighted by Crippen LogP contribution is -2.28.